The quantitative estimate of drug-likeness (QED) is 0.460. The van der Waals surface area contributed by atoms with Gasteiger partial charge in [-0.05, 0) is 44.5 Å². The van der Waals surface area contributed by atoms with Crippen LogP contribution in [0.15, 0.2) is 41.6 Å². The summed E-state index contributed by atoms with van der Waals surface area (Å²) < 4.78 is 34.0. The number of anilines is 1. The van der Waals surface area contributed by atoms with E-state index in [1.165, 1.54) is 16.6 Å². The first-order chi connectivity index (χ1) is 16.1. The summed E-state index contributed by atoms with van der Waals surface area (Å²) >= 11 is 0. The topological polar surface area (TPSA) is 123 Å². The molecule has 0 saturated heterocycles. The molecule has 182 valence electrons. The van der Waals surface area contributed by atoms with Crippen LogP contribution in [0.25, 0.3) is 11.0 Å². The monoisotopic (exact) mass is 487 g/mol. The number of nitrogens with one attached hydrogen (secondary N) is 1. The standard InChI is InChI=1S/C23H29N5O5S/c1-6-27(7-2)34(31,32)20-11-19(9-8-16(20)5)26-21(29)14-33-23(30)18-10-17-13-25-28(15(3)4)22(17)24-12-18/h8-13,15H,6-7,14H2,1-5H3,(H,26,29). The number of ether oxygens (including phenoxy) is 1. The number of esters is 1. The van der Waals surface area contributed by atoms with E-state index < -0.39 is 28.5 Å². The highest BCUT2D eigenvalue weighted by Gasteiger charge is 2.24. The highest BCUT2D eigenvalue weighted by atomic mass is 32.2. The van der Waals surface area contributed by atoms with Gasteiger partial charge in [-0.25, -0.2) is 22.9 Å². The summed E-state index contributed by atoms with van der Waals surface area (Å²) in [5, 5.41) is 7.53. The van der Waals surface area contributed by atoms with E-state index in [-0.39, 0.29) is 16.5 Å². The van der Waals surface area contributed by atoms with E-state index in [0.29, 0.717) is 35.4 Å². The lowest BCUT2D eigenvalue weighted by atomic mass is 10.2. The van der Waals surface area contributed by atoms with Crippen LogP contribution in [0.4, 0.5) is 5.69 Å². The number of carbonyl (C=O) groups is 2. The maximum absolute atomic E-state index is 12.9. The number of rotatable bonds is 9. The predicted octanol–water partition coefficient (Wildman–Crippen LogP) is 3.15. The fourth-order valence-electron chi connectivity index (χ4n) is 3.50. The van der Waals surface area contributed by atoms with Crippen LogP contribution in [0, 0.1) is 6.92 Å². The van der Waals surface area contributed by atoms with Crippen LogP contribution < -0.4 is 5.32 Å². The number of hydrogen-bond acceptors (Lipinski definition) is 7. The number of pyridine rings is 1. The average molecular weight is 488 g/mol. The Morgan fingerprint density at radius 1 is 1.15 bits per heavy atom. The first kappa shape index (κ1) is 25.3. The number of fused-ring (bicyclic) bond motifs is 1. The summed E-state index contributed by atoms with van der Waals surface area (Å²) in [6.07, 6.45) is 3.00. The van der Waals surface area contributed by atoms with Gasteiger partial charge in [-0.2, -0.15) is 9.40 Å². The summed E-state index contributed by atoms with van der Waals surface area (Å²) in [5.41, 5.74) is 1.72. The van der Waals surface area contributed by atoms with Gasteiger partial charge in [0.2, 0.25) is 10.0 Å². The second-order valence-corrected chi connectivity index (χ2v) is 9.92. The normalized spacial score (nSPS) is 11.9. The van der Waals surface area contributed by atoms with Gasteiger partial charge in [-0.15, -0.1) is 0 Å². The van der Waals surface area contributed by atoms with Crippen molar-refractivity contribution >= 4 is 38.6 Å². The number of aromatic nitrogens is 3. The van der Waals surface area contributed by atoms with E-state index >= 15 is 0 Å². The number of amides is 1. The van der Waals surface area contributed by atoms with Crippen molar-refractivity contribution in [1.82, 2.24) is 19.1 Å². The molecule has 0 bridgehead atoms. The van der Waals surface area contributed by atoms with Crippen molar-refractivity contribution in [1.29, 1.82) is 0 Å². The van der Waals surface area contributed by atoms with Gasteiger partial charge in [0.15, 0.2) is 12.3 Å². The number of hydrogen-bond donors (Lipinski definition) is 1. The van der Waals surface area contributed by atoms with Crippen molar-refractivity contribution < 1.29 is 22.7 Å². The van der Waals surface area contributed by atoms with Gasteiger partial charge in [0.25, 0.3) is 5.91 Å². The maximum Gasteiger partial charge on any atom is 0.340 e. The first-order valence-electron chi connectivity index (χ1n) is 11.0. The number of nitrogens with zero attached hydrogens (tertiary/aromatic N) is 4. The number of sulfonamides is 1. The Labute approximate surface area is 199 Å². The molecular formula is C23H29N5O5S. The largest absolute Gasteiger partial charge is 0.452 e. The molecule has 0 radical (unpaired) electrons. The van der Waals surface area contributed by atoms with Gasteiger partial charge < -0.3 is 10.1 Å². The molecule has 0 atom stereocenters. The van der Waals surface area contributed by atoms with Crippen LogP contribution >= 0.6 is 0 Å². The fraction of sp³-hybridized carbons (Fsp3) is 0.391. The lowest BCUT2D eigenvalue weighted by Gasteiger charge is -2.20. The highest BCUT2D eigenvalue weighted by molar-refractivity contribution is 7.89. The predicted molar refractivity (Wildman–Crippen MR) is 128 cm³/mol. The molecule has 1 N–H and O–H groups in total. The third-order valence-electron chi connectivity index (χ3n) is 5.29. The molecule has 1 aromatic carbocycles. The van der Waals surface area contributed by atoms with Gasteiger partial charge in [0, 0.05) is 36.4 Å². The van der Waals surface area contributed by atoms with Crippen molar-refractivity contribution in [2.45, 2.75) is 45.6 Å². The molecule has 3 rings (SSSR count). The average Bonchev–Trinajstić information content (AvgIpc) is 3.23. The molecule has 0 aliphatic rings. The Morgan fingerprint density at radius 3 is 2.50 bits per heavy atom. The Hall–Kier alpha value is -3.31. The molecule has 0 aliphatic carbocycles. The van der Waals surface area contributed by atoms with Crippen LogP contribution in [0.5, 0.6) is 0 Å². The Kier molecular flexibility index (Phi) is 7.68. The molecule has 0 spiro atoms. The van der Waals surface area contributed by atoms with Crippen LogP contribution in [0.2, 0.25) is 0 Å². The van der Waals surface area contributed by atoms with E-state index in [1.54, 1.807) is 49.8 Å². The third kappa shape index (κ3) is 5.26. The maximum atomic E-state index is 12.9. The molecule has 3 aromatic rings. The zero-order valence-corrected chi connectivity index (χ0v) is 20.7. The molecule has 11 heteroatoms. The van der Waals surface area contributed by atoms with Crippen molar-refractivity contribution in [3.05, 3.63) is 47.8 Å². The molecule has 0 aliphatic heterocycles. The van der Waals surface area contributed by atoms with Gasteiger partial charge in [-0.3, -0.25) is 4.79 Å². The zero-order valence-electron chi connectivity index (χ0n) is 19.9. The smallest absolute Gasteiger partial charge is 0.340 e. The molecule has 2 heterocycles. The van der Waals surface area contributed by atoms with Gasteiger partial charge in [0.1, 0.15) is 0 Å². The lowest BCUT2D eigenvalue weighted by molar-refractivity contribution is -0.119. The number of carbonyl (C=O) groups excluding carboxylic acids is 2. The van der Waals surface area contributed by atoms with Crippen LogP contribution in [-0.4, -0.2) is 59.1 Å². The van der Waals surface area contributed by atoms with Crippen LogP contribution in [0.3, 0.4) is 0 Å². The van der Waals surface area contributed by atoms with Crippen molar-refractivity contribution in [3.8, 4) is 0 Å². The van der Waals surface area contributed by atoms with Crippen molar-refractivity contribution in [2.24, 2.45) is 0 Å². The highest BCUT2D eigenvalue weighted by Crippen LogP contribution is 2.24. The van der Waals surface area contributed by atoms with E-state index in [2.05, 4.69) is 15.4 Å². The van der Waals surface area contributed by atoms with Gasteiger partial charge >= 0.3 is 5.97 Å². The fourth-order valence-corrected chi connectivity index (χ4v) is 5.21. The Bertz CT molecular complexity index is 1310. The third-order valence-corrected chi connectivity index (χ3v) is 7.48. The minimum Gasteiger partial charge on any atom is -0.452 e. The molecule has 0 unspecified atom stereocenters. The molecule has 2 aromatic heterocycles. The van der Waals surface area contributed by atoms with E-state index in [1.807, 2.05) is 13.8 Å². The second-order valence-electron chi connectivity index (χ2n) is 8.01. The van der Waals surface area contributed by atoms with Gasteiger partial charge in [-0.1, -0.05) is 19.9 Å². The minimum absolute atomic E-state index is 0.118. The Balaban J connectivity index is 1.67. The van der Waals surface area contributed by atoms with Crippen molar-refractivity contribution in [3.63, 3.8) is 0 Å². The molecule has 1 amide bonds. The molecule has 0 saturated carbocycles. The summed E-state index contributed by atoms with van der Waals surface area (Å²) in [6.45, 7) is 9.32. The van der Waals surface area contributed by atoms with Crippen LogP contribution in [-0.2, 0) is 19.6 Å². The number of benzene rings is 1. The summed E-state index contributed by atoms with van der Waals surface area (Å²) in [6, 6.07) is 6.36. The molecule has 10 nitrogen and oxygen atoms in total. The Morgan fingerprint density at radius 2 is 1.85 bits per heavy atom. The van der Waals surface area contributed by atoms with Gasteiger partial charge in [0.05, 0.1) is 16.7 Å². The molecule has 0 fully saturated rings. The van der Waals surface area contributed by atoms with E-state index in [4.69, 9.17) is 4.74 Å². The van der Waals surface area contributed by atoms with Crippen LogP contribution in [0.1, 0.15) is 49.7 Å². The molecule has 34 heavy (non-hydrogen) atoms. The summed E-state index contributed by atoms with van der Waals surface area (Å²) in [5.74, 6) is -1.29. The number of aryl methyl sites for hydroxylation is 1. The lowest BCUT2D eigenvalue weighted by Crippen LogP contribution is -2.31. The summed E-state index contributed by atoms with van der Waals surface area (Å²) in [4.78, 5) is 29.2. The SMILES string of the molecule is CCN(CC)S(=O)(=O)c1cc(NC(=O)COC(=O)c2cnc3c(cnn3C(C)C)c2)ccc1C. The summed E-state index contributed by atoms with van der Waals surface area (Å²) in [7, 11) is -3.69. The minimum atomic E-state index is -3.69. The second kappa shape index (κ2) is 10.3. The molecular weight excluding hydrogens is 458 g/mol. The van der Waals surface area contributed by atoms with Crippen molar-refractivity contribution in [2.75, 3.05) is 25.0 Å². The zero-order chi connectivity index (χ0) is 25.0. The first-order valence-corrected chi connectivity index (χ1v) is 12.4. The van der Waals surface area contributed by atoms with E-state index in [9.17, 15) is 18.0 Å². The van der Waals surface area contributed by atoms with E-state index in [0.717, 1.165) is 0 Å².